The number of rotatable bonds is 4. The Morgan fingerprint density at radius 2 is 1.93 bits per heavy atom. The Morgan fingerprint density at radius 1 is 1.17 bits per heavy atom. The highest BCUT2D eigenvalue weighted by atomic mass is 16.2. The summed E-state index contributed by atoms with van der Waals surface area (Å²) in [5.74, 6) is -0.282. The molecule has 3 atom stereocenters. The van der Waals surface area contributed by atoms with E-state index in [1.54, 1.807) is 0 Å². The molecule has 2 aromatic rings. The number of nitrogens with one attached hydrogen (secondary N) is 1. The molecule has 3 aliphatic heterocycles. The summed E-state index contributed by atoms with van der Waals surface area (Å²) in [7, 11) is 0. The van der Waals surface area contributed by atoms with Gasteiger partial charge in [-0.3, -0.25) is 14.5 Å². The smallest absolute Gasteiger partial charge is 0.250 e. The van der Waals surface area contributed by atoms with E-state index in [9.17, 15) is 9.59 Å². The van der Waals surface area contributed by atoms with Gasteiger partial charge in [0.15, 0.2) is 0 Å². The standard InChI is InChI=1S/C24H27N3O2/c1-2-26(16-17-9-4-3-5-10-17)22(28)20-15-18-11-8-14-27(18)24(20)19-12-6-7-13-21(19)25-23(24)29/h3-7,9-10,12-13,18,20H,2,8,11,14-16H2,1H3,(H,25,29)/t18-,20-,24-/m1/s1. The first kappa shape index (κ1) is 18.4. The Morgan fingerprint density at radius 3 is 2.72 bits per heavy atom. The molecule has 0 aromatic heterocycles. The Balaban J connectivity index is 1.55. The fraction of sp³-hybridized carbons (Fsp3) is 0.417. The molecule has 2 fully saturated rings. The lowest BCUT2D eigenvalue weighted by Gasteiger charge is -2.38. The number of carbonyl (C=O) groups is 2. The molecule has 0 radical (unpaired) electrons. The molecule has 5 rings (SSSR count). The number of para-hydroxylation sites is 1. The van der Waals surface area contributed by atoms with E-state index in [0.717, 1.165) is 42.6 Å². The normalized spacial score (nSPS) is 27.7. The molecule has 150 valence electrons. The molecule has 3 heterocycles. The van der Waals surface area contributed by atoms with E-state index in [1.165, 1.54) is 0 Å². The van der Waals surface area contributed by atoms with Gasteiger partial charge < -0.3 is 10.2 Å². The molecule has 5 nitrogen and oxygen atoms in total. The van der Waals surface area contributed by atoms with Crippen LogP contribution in [0, 0.1) is 5.92 Å². The van der Waals surface area contributed by atoms with Crippen LogP contribution in [0.25, 0.3) is 0 Å². The van der Waals surface area contributed by atoms with E-state index in [2.05, 4.69) is 22.3 Å². The van der Waals surface area contributed by atoms with Gasteiger partial charge in [0.05, 0.1) is 5.92 Å². The third kappa shape index (κ3) is 2.64. The van der Waals surface area contributed by atoms with Crippen LogP contribution in [-0.2, 0) is 21.7 Å². The van der Waals surface area contributed by atoms with Crippen LogP contribution in [0.15, 0.2) is 54.6 Å². The van der Waals surface area contributed by atoms with Gasteiger partial charge >= 0.3 is 0 Å². The first-order chi connectivity index (χ1) is 14.2. The third-order valence-electron chi connectivity index (χ3n) is 6.98. The van der Waals surface area contributed by atoms with Crippen molar-refractivity contribution in [1.29, 1.82) is 0 Å². The second-order valence-electron chi connectivity index (χ2n) is 8.38. The molecule has 1 N–H and O–H groups in total. The van der Waals surface area contributed by atoms with Gasteiger partial charge in [-0.25, -0.2) is 0 Å². The second-order valence-corrected chi connectivity index (χ2v) is 8.38. The van der Waals surface area contributed by atoms with Gasteiger partial charge in [0.1, 0.15) is 5.54 Å². The van der Waals surface area contributed by atoms with E-state index in [0.29, 0.717) is 19.1 Å². The minimum absolute atomic E-state index is 0.0304. The number of nitrogens with zero attached hydrogens (tertiary/aromatic N) is 2. The van der Waals surface area contributed by atoms with Crippen LogP contribution in [-0.4, -0.2) is 40.7 Å². The lowest BCUT2D eigenvalue weighted by atomic mass is 9.78. The quantitative estimate of drug-likeness (QED) is 0.872. The molecule has 29 heavy (non-hydrogen) atoms. The van der Waals surface area contributed by atoms with Gasteiger partial charge in [-0.1, -0.05) is 48.5 Å². The summed E-state index contributed by atoms with van der Waals surface area (Å²) in [5.41, 5.74) is 2.09. The maximum Gasteiger partial charge on any atom is 0.250 e. The fourth-order valence-electron chi connectivity index (χ4n) is 5.73. The minimum Gasteiger partial charge on any atom is -0.338 e. The first-order valence-corrected chi connectivity index (χ1v) is 10.7. The average molecular weight is 389 g/mol. The van der Waals surface area contributed by atoms with Crippen molar-refractivity contribution in [3.63, 3.8) is 0 Å². The highest BCUT2D eigenvalue weighted by Crippen LogP contribution is 2.55. The van der Waals surface area contributed by atoms with Crippen molar-refractivity contribution in [2.75, 3.05) is 18.4 Å². The predicted octanol–water partition coefficient (Wildman–Crippen LogP) is 3.37. The van der Waals surface area contributed by atoms with Crippen molar-refractivity contribution in [2.45, 2.75) is 44.3 Å². The lowest BCUT2D eigenvalue weighted by Crippen LogP contribution is -2.54. The minimum atomic E-state index is -0.862. The molecular formula is C24H27N3O2. The summed E-state index contributed by atoms with van der Waals surface area (Å²) < 4.78 is 0. The van der Waals surface area contributed by atoms with Crippen LogP contribution in [0.3, 0.4) is 0 Å². The Kier molecular flexibility index (Phi) is 4.43. The summed E-state index contributed by atoms with van der Waals surface area (Å²) in [6.45, 7) is 4.11. The maximum atomic E-state index is 13.8. The summed E-state index contributed by atoms with van der Waals surface area (Å²) in [6, 6.07) is 18.3. The van der Waals surface area contributed by atoms with E-state index in [1.807, 2.05) is 54.3 Å². The number of hydrogen-bond donors (Lipinski definition) is 1. The fourth-order valence-corrected chi connectivity index (χ4v) is 5.73. The van der Waals surface area contributed by atoms with Crippen LogP contribution in [0.2, 0.25) is 0 Å². The molecule has 3 aliphatic rings. The second kappa shape index (κ2) is 6.99. The Bertz CT molecular complexity index is 944. The van der Waals surface area contributed by atoms with Gasteiger partial charge in [-0.2, -0.15) is 0 Å². The van der Waals surface area contributed by atoms with Crippen LogP contribution < -0.4 is 5.32 Å². The number of amides is 2. The monoisotopic (exact) mass is 389 g/mol. The molecule has 0 saturated carbocycles. The van der Waals surface area contributed by atoms with Gasteiger partial charge in [-0.05, 0) is 44.4 Å². The zero-order chi connectivity index (χ0) is 20.0. The largest absolute Gasteiger partial charge is 0.338 e. The third-order valence-corrected chi connectivity index (χ3v) is 6.98. The van der Waals surface area contributed by atoms with Crippen LogP contribution in [0.4, 0.5) is 5.69 Å². The van der Waals surface area contributed by atoms with Crippen LogP contribution in [0.5, 0.6) is 0 Å². The number of benzene rings is 2. The summed E-state index contributed by atoms with van der Waals surface area (Å²) in [6.07, 6.45) is 2.90. The SMILES string of the molecule is CCN(Cc1ccccc1)C(=O)[C@H]1C[C@H]2CCCN2[C@@]12C(=O)Nc1ccccc12. The summed E-state index contributed by atoms with van der Waals surface area (Å²) in [4.78, 5) is 31.5. The maximum absolute atomic E-state index is 13.8. The van der Waals surface area contributed by atoms with Crippen molar-refractivity contribution >= 4 is 17.5 Å². The Labute approximate surface area is 171 Å². The van der Waals surface area contributed by atoms with E-state index >= 15 is 0 Å². The van der Waals surface area contributed by atoms with E-state index in [4.69, 9.17) is 0 Å². The van der Waals surface area contributed by atoms with Crippen molar-refractivity contribution in [3.05, 3.63) is 65.7 Å². The highest BCUT2D eigenvalue weighted by Gasteiger charge is 2.65. The Hall–Kier alpha value is -2.66. The molecule has 0 bridgehead atoms. The van der Waals surface area contributed by atoms with Crippen molar-refractivity contribution in [3.8, 4) is 0 Å². The summed E-state index contributed by atoms with van der Waals surface area (Å²) >= 11 is 0. The molecule has 2 saturated heterocycles. The molecule has 0 aliphatic carbocycles. The number of carbonyl (C=O) groups excluding carboxylic acids is 2. The molecule has 0 unspecified atom stereocenters. The van der Waals surface area contributed by atoms with Gasteiger partial charge in [0.2, 0.25) is 11.8 Å². The molecule has 1 spiro atoms. The molecule has 2 aromatic carbocycles. The van der Waals surface area contributed by atoms with Gasteiger partial charge in [0, 0.05) is 30.4 Å². The molecular weight excluding hydrogens is 362 g/mol. The zero-order valence-corrected chi connectivity index (χ0v) is 16.8. The topological polar surface area (TPSA) is 52.7 Å². The predicted molar refractivity (Wildman–Crippen MR) is 112 cm³/mol. The number of fused-ring (bicyclic) bond motifs is 4. The molecule has 2 amide bonds. The van der Waals surface area contributed by atoms with Gasteiger partial charge in [0.25, 0.3) is 0 Å². The number of anilines is 1. The van der Waals surface area contributed by atoms with Crippen molar-refractivity contribution in [1.82, 2.24) is 9.80 Å². The van der Waals surface area contributed by atoms with Crippen molar-refractivity contribution in [2.24, 2.45) is 5.92 Å². The zero-order valence-electron chi connectivity index (χ0n) is 16.8. The summed E-state index contributed by atoms with van der Waals surface area (Å²) in [5, 5.41) is 3.08. The molecule has 5 heteroatoms. The van der Waals surface area contributed by atoms with Crippen LogP contribution in [0.1, 0.15) is 37.3 Å². The van der Waals surface area contributed by atoms with Crippen molar-refractivity contribution < 1.29 is 9.59 Å². The lowest BCUT2D eigenvalue weighted by molar-refractivity contribution is -0.144. The highest BCUT2D eigenvalue weighted by molar-refractivity contribution is 6.09. The van der Waals surface area contributed by atoms with E-state index < -0.39 is 5.54 Å². The van der Waals surface area contributed by atoms with Crippen LogP contribution >= 0.6 is 0 Å². The first-order valence-electron chi connectivity index (χ1n) is 10.7. The van der Waals surface area contributed by atoms with E-state index in [-0.39, 0.29) is 17.7 Å². The average Bonchev–Trinajstić information content (AvgIpc) is 3.41. The van der Waals surface area contributed by atoms with Gasteiger partial charge in [-0.15, -0.1) is 0 Å². The number of hydrogen-bond acceptors (Lipinski definition) is 3.